The first-order valence-corrected chi connectivity index (χ1v) is 8.11. The Morgan fingerprint density at radius 3 is 2.77 bits per heavy atom. The van der Waals surface area contributed by atoms with Gasteiger partial charge in [0, 0.05) is 16.7 Å². The molecule has 2 aromatic rings. The Kier molecular flexibility index (Phi) is 6.33. The molecule has 0 saturated carbocycles. The summed E-state index contributed by atoms with van der Waals surface area (Å²) in [5.74, 6) is 0.415. The predicted octanol–water partition coefficient (Wildman–Crippen LogP) is 3.90. The van der Waals surface area contributed by atoms with Crippen molar-refractivity contribution in [2.24, 2.45) is 0 Å². The van der Waals surface area contributed by atoms with E-state index < -0.39 is 0 Å². The Morgan fingerprint density at radius 1 is 1.23 bits per heavy atom. The summed E-state index contributed by atoms with van der Waals surface area (Å²) < 4.78 is 0.980. The van der Waals surface area contributed by atoms with Crippen LogP contribution < -0.4 is 10.6 Å². The second-order valence-corrected chi connectivity index (χ2v) is 5.80. The highest BCUT2D eigenvalue weighted by Crippen LogP contribution is 2.18. The van der Waals surface area contributed by atoms with Crippen molar-refractivity contribution in [1.82, 2.24) is 15.3 Å². The third-order valence-electron chi connectivity index (χ3n) is 3.05. The third kappa shape index (κ3) is 5.11. The first-order valence-electron chi connectivity index (χ1n) is 7.32. The van der Waals surface area contributed by atoms with Crippen LogP contribution in [0.5, 0.6) is 0 Å². The molecule has 0 aliphatic carbocycles. The summed E-state index contributed by atoms with van der Waals surface area (Å²) in [7, 11) is 0. The number of rotatable bonds is 7. The summed E-state index contributed by atoms with van der Waals surface area (Å²) in [5, 5.41) is 5.98. The molecule has 1 aromatic carbocycles. The van der Waals surface area contributed by atoms with Crippen molar-refractivity contribution in [3.63, 3.8) is 0 Å². The number of aromatic nitrogens is 2. The van der Waals surface area contributed by atoms with Crippen LogP contribution in [0.15, 0.2) is 41.1 Å². The van der Waals surface area contributed by atoms with Gasteiger partial charge in [-0.25, -0.2) is 9.97 Å². The molecule has 1 amide bonds. The van der Waals surface area contributed by atoms with Gasteiger partial charge in [-0.1, -0.05) is 41.8 Å². The molecule has 2 N–H and O–H groups in total. The number of hydrogen-bond donors (Lipinski definition) is 2. The van der Waals surface area contributed by atoms with Crippen LogP contribution in [0.25, 0.3) is 0 Å². The van der Waals surface area contributed by atoms with Gasteiger partial charge in [0.05, 0.1) is 12.4 Å². The first-order chi connectivity index (χ1) is 10.7. The van der Waals surface area contributed by atoms with Crippen LogP contribution in [0, 0.1) is 0 Å². The van der Waals surface area contributed by atoms with Gasteiger partial charge >= 0.3 is 0 Å². The number of amides is 1. The molecule has 1 aromatic heterocycles. The maximum Gasteiger partial charge on any atom is 0.271 e. The maximum absolute atomic E-state index is 11.9. The van der Waals surface area contributed by atoms with Crippen LogP contribution in [0.1, 0.15) is 36.7 Å². The summed E-state index contributed by atoms with van der Waals surface area (Å²) in [6.45, 7) is 2.80. The van der Waals surface area contributed by atoms with Crippen LogP contribution in [-0.2, 0) is 0 Å². The van der Waals surface area contributed by atoms with Crippen LogP contribution in [-0.4, -0.2) is 22.4 Å². The van der Waals surface area contributed by atoms with Crippen molar-refractivity contribution >= 4 is 33.3 Å². The highest BCUT2D eigenvalue weighted by Gasteiger charge is 2.07. The Hall–Kier alpha value is -1.95. The number of halogens is 1. The fourth-order valence-corrected chi connectivity index (χ4v) is 2.29. The van der Waals surface area contributed by atoms with E-state index in [1.165, 1.54) is 6.20 Å². The van der Waals surface area contributed by atoms with Crippen LogP contribution in [0.3, 0.4) is 0 Å². The highest BCUT2D eigenvalue weighted by atomic mass is 79.9. The minimum atomic E-state index is -0.183. The molecule has 0 unspecified atom stereocenters. The quantitative estimate of drug-likeness (QED) is 0.732. The zero-order valence-corrected chi connectivity index (χ0v) is 14.1. The Balaban J connectivity index is 1.91. The van der Waals surface area contributed by atoms with Crippen LogP contribution in [0.4, 0.5) is 11.5 Å². The number of anilines is 2. The summed E-state index contributed by atoms with van der Waals surface area (Å²) in [6, 6.07) is 7.75. The molecule has 2 rings (SSSR count). The summed E-state index contributed by atoms with van der Waals surface area (Å²) in [4.78, 5) is 20.2. The van der Waals surface area contributed by atoms with Gasteiger partial charge in [0.1, 0.15) is 11.5 Å². The Labute approximate surface area is 138 Å². The minimum absolute atomic E-state index is 0.183. The number of carbonyl (C=O) groups excluding carboxylic acids is 1. The number of unbranched alkanes of at least 4 members (excludes halogenated alkanes) is 2. The lowest BCUT2D eigenvalue weighted by Gasteiger charge is -2.07. The molecule has 1 heterocycles. The van der Waals surface area contributed by atoms with E-state index in [9.17, 15) is 4.79 Å². The molecule has 0 spiro atoms. The van der Waals surface area contributed by atoms with Crippen molar-refractivity contribution in [2.75, 3.05) is 11.9 Å². The molecule has 0 atom stereocenters. The van der Waals surface area contributed by atoms with E-state index >= 15 is 0 Å². The number of carbonyl (C=O) groups is 1. The highest BCUT2D eigenvalue weighted by molar-refractivity contribution is 9.10. The van der Waals surface area contributed by atoms with Crippen molar-refractivity contribution in [3.05, 3.63) is 46.8 Å². The number of nitrogens with one attached hydrogen (secondary N) is 2. The second-order valence-electron chi connectivity index (χ2n) is 4.89. The molecule has 0 fully saturated rings. The topological polar surface area (TPSA) is 66.9 Å². The number of benzene rings is 1. The van der Waals surface area contributed by atoms with E-state index in [0.717, 1.165) is 29.4 Å². The van der Waals surface area contributed by atoms with E-state index in [0.29, 0.717) is 18.1 Å². The normalized spacial score (nSPS) is 10.3. The van der Waals surface area contributed by atoms with Gasteiger partial charge in [-0.2, -0.15) is 0 Å². The smallest absolute Gasteiger partial charge is 0.271 e. The fourth-order valence-electron chi connectivity index (χ4n) is 1.89. The fraction of sp³-hybridized carbons (Fsp3) is 0.312. The van der Waals surface area contributed by atoms with E-state index in [1.54, 1.807) is 6.20 Å². The third-order valence-corrected chi connectivity index (χ3v) is 3.54. The van der Waals surface area contributed by atoms with Gasteiger partial charge < -0.3 is 10.6 Å². The lowest BCUT2D eigenvalue weighted by atomic mass is 10.2. The van der Waals surface area contributed by atoms with Gasteiger partial charge in [-0.15, -0.1) is 0 Å². The van der Waals surface area contributed by atoms with Gasteiger partial charge in [0.2, 0.25) is 0 Å². The average molecular weight is 363 g/mol. The van der Waals surface area contributed by atoms with Crippen LogP contribution in [0.2, 0.25) is 0 Å². The van der Waals surface area contributed by atoms with Gasteiger partial charge in [-0.05, 0) is 24.6 Å². The number of hydrogen-bond acceptors (Lipinski definition) is 4. The largest absolute Gasteiger partial charge is 0.351 e. The Morgan fingerprint density at radius 2 is 2.09 bits per heavy atom. The molecular formula is C16H19BrN4O. The lowest BCUT2D eigenvalue weighted by Crippen LogP contribution is -2.25. The molecule has 0 aliphatic rings. The average Bonchev–Trinajstić information content (AvgIpc) is 2.52. The summed E-state index contributed by atoms with van der Waals surface area (Å²) in [6.07, 6.45) is 6.27. The first kappa shape index (κ1) is 16.4. The summed E-state index contributed by atoms with van der Waals surface area (Å²) in [5.41, 5.74) is 1.23. The van der Waals surface area contributed by atoms with E-state index in [2.05, 4.69) is 43.5 Å². The molecular weight excluding hydrogens is 344 g/mol. The molecule has 0 bridgehead atoms. The maximum atomic E-state index is 11.9. The molecule has 6 heteroatoms. The molecule has 116 valence electrons. The van der Waals surface area contributed by atoms with E-state index in [4.69, 9.17) is 0 Å². The predicted molar refractivity (Wildman–Crippen MR) is 91.3 cm³/mol. The van der Waals surface area contributed by atoms with Crippen molar-refractivity contribution in [2.45, 2.75) is 26.2 Å². The number of nitrogens with zero attached hydrogens (tertiary/aromatic N) is 2. The van der Waals surface area contributed by atoms with Gasteiger partial charge in [0.15, 0.2) is 0 Å². The zero-order valence-electron chi connectivity index (χ0n) is 12.5. The Bertz CT molecular complexity index is 616. The zero-order chi connectivity index (χ0) is 15.8. The van der Waals surface area contributed by atoms with Gasteiger partial charge in [-0.3, -0.25) is 4.79 Å². The van der Waals surface area contributed by atoms with Gasteiger partial charge in [0.25, 0.3) is 5.91 Å². The molecule has 0 radical (unpaired) electrons. The molecule has 22 heavy (non-hydrogen) atoms. The second kappa shape index (κ2) is 8.48. The molecule has 0 saturated heterocycles. The molecule has 5 nitrogen and oxygen atoms in total. The standard InChI is InChI=1S/C16H19BrN4O/c1-2-3-4-8-18-16(22)14-10-20-15(11-19-14)21-13-7-5-6-12(17)9-13/h5-7,9-11H,2-4,8H2,1H3,(H,18,22)(H,20,21). The van der Waals surface area contributed by atoms with Crippen molar-refractivity contribution in [1.29, 1.82) is 0 Å². The molecule has 0 aliphatic heterocycles. The van der Waals surface area contributed by atoms with E-state index in [1.807, 2.05) is 24.3 Å². The van der Waals surface area contributed by atoms with Crippen molar-refractivity contribution in [3.8, 4) is 0 Å². The monoisotopic (exact) mass is 362 g/mol. The lowest BCUT2D eigenvalue weighted by molar-refractivity contribution is 0.0947. The van der Waals surface area contributed by atoms with Crippen molar-refractivity contribution < 1.29 is 4.79 Å². The minimum Gasteiger partial charge on any atom is -0.351 e. The van der Waals surface area contributed by atoms with Crippen LogP contribution >= 0.6 is 15.9 Å². The van der Waals surface area contributed by atoms with E-state index in [-0.39, 0.29) is 5.91 Å². The SMILES string of the molecule is CCCCCNC(=O)c1cnc(Nc2cccc(Br)c2)cn1. The summed E-state index contributed by atoms with van der Waals surface area (Å²) >= 11 is 3.41.